The predicted octanol–water partition coefficient (Wildman–Crippen LogP) is 3.89. The molecule has 0 amide bonds. The van der Waals surface area contributed by atoms with Gasteiger partial charge in [-0.1, -0.05) is 18.2 Å². The Hall–Kier alpha value is -2.66. The zero-order chi connectivity index (χ0) is 17.6. The molecule has 0 aromatic heterocycles. The Morgan fingerprint density at radius 1 is 1.12 bits per heavy atom. The SMILES string of the molecule is C=Nc1cc(-c2ccc(C(=O)O)cc2)ccc1NCCN1CCCC1. The molecule has 0 radical (unpaired) electrons. The number of likely N-dealkylation sites (tertiary alicyclic amines) is 1. The van der Waals surface area contributed by atoms with Crippen LogP contribution in [0.25, 0.3) is 11.1 Å². The van der Waals surface area contributed by atoms with Crippen LogP contribution in [-0.2, 0) is 0 Å². The molecule has 0 unspecified atom stereocenters. The quantitative estimate of drug-likeness (QED) is 0.752. The number of carbonyl (C=O) groups is 1. The molecule has 0 saturated carbocycles. The molecule has 5 heteroatoms. The molecule has 1 fully saturated rings. The molecule has 0 bridgehead atoms. The molecule has 2 aromatic rings. The smallest absolute Gasteiger partial charge is 0.335 e. The van der Waals surface area contributed by atoms with Crippen LogP contribution in [0.5, 0.6) is 0 Å². The molecule has 1 saturated heterocycles. The fourth-order valence-electron chi connectivity index (χ4n) is 3.15. The Kier molecular flexibility index (Phi) is 5.46. The minimum absolute atomic E-state index is 0.283. The number of carboxylic acid groups (broad SMARTS) is 1. The zero-order valence-electron chi connectivity index (χ0n) is 14.2. The highest BCUT2D eigenvalue weighted by Gasteiger charge is 2.11. The Bertz CT molecular complexity index is 750. The molecule has 130 valence electrons. The van der Waals surface area contributed by atoms with Crippen molar-refractivity contribution >= 4 is 24.1 Å². The lowest BCUT2D eigenvalue weighted by molar-refractivity contribution is 0.0697. The third-order valence-corrected chi connectivity index (χ3v) is 4.58. The zero-order valence-corrected chi connectivity index (χ0v) is 14.2. The molecule has 5 nitrogen and oxygen atoms in total. The lowest BCUT2D eigenvalue weighted by atomic mass is 10.0. The summed E-state index contributed by atoms with van der Waals surface area (Å²) in [6.07, 6.45) is 2.60. The molecule has 25 heavy (non-hydrogen) atoms. The Morgan fingerprint density at radius 3 is 2.44 bits per heavy atom. The monoisotopic (exact) mass is 337 g/mol. The van der Waals surface area contributed by atoms with E-state index in [0.717, 1.165) is 35.6 Å². The van der Waals surface area contributed by atoms with Gasteiger partial charge in [0.05, 0.1) is 16.9 Å². The van der Waals surface area contributed by atoms with Crippen LogP contribution in [0.15, 0.2) is 47.5 Å². The van der Waals surface area contributed by atoms with Crippen LogP contribution in [0.3, 0.4) is 0 Å². The molecule has 1 aliphatic rings. The van der Waals surface area contributed by atoms with Gasteiger partial charge < -0.3 is 15.3 Å². The molecule has 3 rings (SSSR count). The van der Waals surface area contributed by atoms with Crippen molar-refractivity contribution in [3.63, 3.8) is 0 Å². The molecule has 0 spiro atoms. The van der Waals surface area contributed by atoms with Gasteiger partial charge in [0.2, 0.25) is 0 Å². The van der Waals surface area contributed by atoms with E-state index in [1.807, 2.05) is 30.3 Å². The fourth-order valence-corrected chi connectivity index (χ4v) is 3.15. The predicted molar refractivity (Wildman–Crippen MR) is 102 cm³/mol. The van der Waals surface area contributed by atoms with Crippen LogP contribution in [0.2, 0.25) is 0 Å². The minimum Gasteiger partial charge on any atom is -0.478 e. The van der Waals surface area contributed by atoms with Gasteiger partial charge in [0, 0.05) is 13.1 Å². The molecule has 2 N–H and O–H groups in total. The van der Waals surface area contributed by atoms with Crippen molar-refractivity contribution in [1.29, 1.82) is 0 Å². The van der Waals surface area contributed by atoms with E-state index in [9.17, 15) is 4.79 Å². The second-order valence-electron chi connectivity index (χ2n) is 6.25. The third kappa shape index (κ3) is 4.25. The third-order valence-electron chi connectivity index (χ3n) is 4.58. The summed E-state index contributed by atoms with van der Waals surface area (Å²) in [5.74, 6) is -0.919. The van der Waals surface area contributed by atoms with Crippen molar-refractivity contribution in [3.05, 3.63) is 48.0 Å². The highest BCUT2D eigenvalue weighted by Crippen LogP contribution is 2.31. The van der Waals surface area contributed by atoms with Crippen LogP contribution < -0.4 is 5.32 Å². The second-order valence-corrected chi connectivity index (χ2v) is 6.25. The summed E-state index contributed by atoms with van der Waals surface area (Å²) >= 11 is 0. The Balaban J connectivity index is 1.70. The van der Waals surface area contributed by atoms with E-state index < -0.39 is 5.97 Å². The maximum Gasteiger partial charge on any atom is 0.335 e. The summed E-state index contributed by atoms with van der Waals surface area (Å²) in [6.45, 7) is 7.98. The number of carboxylic acids is 1. The molecular formula is C20H23N3O2. The first-order valence-corrected chi connectivity index (χ1v) is 8.58. The van der Waals surface area contributed by atoms with Gasteiger partial charge in [0.1, 0.15) is 0 Å². The van der Waals surface area contributed by atoms with Gasteiger partial charge in [0.25, 0.3) is 0 Å². The normalized spacial score (nSPS) is 14.4. The van der Waals surface area contributed by atoms with E-state index in [-0.39, 0.29) is 5.56 Å². The number of nitrogens with one attached hydrogen (secondary N) is 1. The molecular weight excluding hydrogens is 314 g/mol. The van der Waals surface area contributed by atoms with Gasteiger partial charge in [-0.05, 0) is 68.0 Å². The number of anilines is 1. The maximum atomic E-state index is 11.0. The molecule has 2 aromatic carbocycles. The van der Waals surface area contributed by atoms with Crippen molar-refractivity contribution in [1.82, 2.24) is 4.90 Å². The van der Waals surface area contributed by atoms with Gasteiger partial charge in [-0.15, -0.1) is 0 Å². The summed E-state index contributed by atoms with van der Waals surface area (Å²) in [5.41, 5.74) is 4.01. The summed E-state index contributed by atoms with van der Waals surface area (Å²) in [4.78, 5) is 17.6. The number of rotatable bonds is 7. The van der Waals surface area contributed by atoms with Crippen LogP contribution in [-0.4, -0.2) is 48.9 Å². The lowest BCUT2D eigenvalue weighted by Gasteiger charge is -2.16. The molecule has 1 heterocycles. The van der Waals surface area contributed by atoms with Crippen molar-refractivity contribution in [2.24, 2.45) is 4.99 Å². The van der Waals surface area contributed by atoms with E-state index >= 15 is 0 Å². The van der Waals surface area contributed by atoms with Crippen LogP contribution in [0.1, 0.15) is 23.2 Å². The Morgan fingerprint density at radius 2 is 1.80 bits per heavy atom. The van der Waals surface area contributed by atoms with E-state index in [0.29, 0.717) is 0 Å². The van der Waals surface area contributed by atoms with Crippen LogP contribution in [0.4, 0.5) is 11.4 Å². The number of hydrogen-bond acceptors (Lipinski definition) is 4. The topological polar surface area (TPSA) is 64.9 Å². The average Bonchev–Trinajstić information content (AvgIpc) is 3.15. The van der Waals surface area contributed by atoms with Gasteiger partial charge in [-0.3, -0.25) is 4.99 Å². The van der Waals surface area contributed by atoms with Crippen LogP contribution >= 0.6 is 0 Å². The summed E-state index contributed by atoms with van der Waals surface area (Å²) in [5, 5.41) is 12.4. The first kappa shape index (κ1) is 17.2. The van der Waals surface area contributed by atoms with Gasteiger partial charge in [0.15, 0.2) is 0 Å². The second kappa shape index (κ2) is 7.94. The van der Waals surface area contributed by atoms with E-state index in [1.165, 1.54) is 25.9 Å². The van der Waals surface area contributed by atoms with Crippen molar-refractivity contribution < 1.29 is 9.90 Å². The molecule has 0 atom stereocenters. The van der Waals surface area contributed by atoms with Gasteiger partial charge in [-0.25, -0.2) is 4.79 Å². The first-order valence-electron chi connectivity index (χ1n) is 8.58. The number of aromatic carboxylic acids is 1. The average molecular weight is 337 g/mol. The highest BCUT2D eigenvalue weighted by molar-refractivity contribution is 5.88. The number of hydrogen-bond donors (Lipinski definition) is 2. The highest BCUT2D eigenvalue weighted by atomic mass is 16.4. The van der Waals surface area contributed by atoms with E-state index in [1.54, 1.807) is 12.1 Å². The van der Waals surface area contributed by atoms with Crippen molar-refractivity contribution in [2.45, 2.75) is 12.8 Å². The number of nitrogens with zero attached hydrogens (tertiary/aromatic N) is 2. The van der Waals surface area contributed by atoms with Crippen molar-refractivity contribution in [3.8, 4) is 11.1 Å². The molecule has 1 aliphatic heterocycles. The fraction of sp³-hybridized carbons (Fsp3) is 0.300. The Labute approximate surface area is 148 Å². The summed E-state index contributed by atoms with van der Waals surface area (Å²) in [6, 6.07) is 12.8. The summed E-state index contributed by atoms with van der Waals surface area (Å²) in [7, 11) is 0. The standard InChI is InChI=1S/C20H23N3O2/c1-21-19-14-17(15-4-6-16(7-5-15)20(24)25)8-9-18(19)22-10-13-23-11-2-3-12-23/h4-9,14,22H,1-3,10-13H2,(H,24,25). The van der Waals surface area contributed by atoms with E-state index in [4.69, 9.17) is 5.11 Å². The van der Waals surface area contributed by atoms with Crippen molar-refractivity contribution in [2.75, 3.05) is 31.5 Å². The lowest BCUT2D eigenvalue weighted by Crippen LogP contribution is -2.25. The van der Waals surface area contributed by atoms with Crippen LogP contribution in [0, 0.1) is 0 Å². The van der Waals surface area contributed by atoms with E-state index in [2.05, 4.69) is 21.9 Å². The maximum absolute atomic E-state index is 11.0. The van der Waals surface area contributed by atoms with Gasteiger partial charge >= 0.3 is 5.97 Å². The minimum atomic E-state index is -0.919. The number of benzene rings is 2. The van der Waals surface area contributed by atoms with Gasteiger partial charge in [-0.2, -0.15) is 0 Å². The largest absolute Gasteiger partial charge is 0.478 e. The first-order chi connectivity index (χ1) is 12.2. The molecule has 0 aliphatic carbocycles. The summed E-state index contributed by atoms with van der Waals surface area (Å²) < 4.78 is 0. The number of aliphatic imine (C=N–C) groups is 1.